The summed E-state index contributed by atoms with van der Waals surface area (Å²) in [6.07, 6.45) is 3.48. The monoisotopic (exact) mass is 282 g/mol. The molecule has 1 amide bonds. The predicted molar refractivity (Wildman–Crippen MR) is 81.3 cm³/mol. The molecule has 4 atom stereocenters. The summed E-state index contributed by atoms with van der Waals surface area (Å²) >= 11 is 0. The van der Waals surface area contributed by atoms with E-state index in [-0.39, 0.29) is 18.1 Å². The Bertz CT molecular complexity index is 337. The Balaban J connectivity index is 2.11. The quantitative estimate of drug-likeness (QED) is 0.828. The van der Waals surface area contributed by atoms with Crippen LogP contribution in [0.4, 0.5) is 0 Å². The van der Waals surface area contributed by atoms with Crippen LogP contribution in [0.25, 0.3) is 0 Å². The molecule has 20 heavy (non-hydrogen) atoms. The smallest absolute Gasteiger partial charge is 0.234 e. The van der Waals surface area contributed by atoms with Crippen molar-refractivity contribution in [3.63, 3.8) is 0 Å². The molecule has 2 heterocycles. The topological polar surface area (TPSA) is 52.8 Å². The number of likely N-dealkylation sites (N-methyl/N-ethyl adjacent to an activating group) is 1. The standard InChI is InChI=1S/C15H30N4O/c1-11-9-17(4)10-12(2)19(11)13(3)18-8-6-5-7-14(18)15(16)20/h11-14H,5-10H2,1-4H3,(H2,16,20). The van der Waals surface area contributed by atoms with Gasteiger partial charge in [0.25, 0.3) is 0 Å². The van der Waals surface area contributed by atoms with E-state index >= 15 is 0 Å². The maximum absolute atomic E-state index is 11.7. The van der Waals surface area contributed by atoms with Crippen molar-refractivity contribution in [3.8, 4) is 0 Å². The number of piperazine rings is 1. The highest BCUT2D eigenvalue weighted by Crippen LogP contribution is 2.25. The average molecular weight is 282 g/mol. The van der Waals surface area contributed by atoms with Gasteiger partial charge in [-0.2, -0.15) is 0 Å². The van der Waals surface area contributed by atoms with Gasteiger partial charge < -0.3 is 10.6 Å². The summed E-state index contributed by atoms with van der Waals surface area (Å²) in [6.45, 7) is 9.96. The van der Waals surface area contributed by atoms with Crippen LogP contribution in [0.2, 0.25) is 0 Å². The fourth-order valence-electron chi connectivity index (χ4n) is 4.21. The molecule has 0 spiro atoms. The zero-order valence-electron chi connectivity index (χ0n) is 13.4. The molecule has 0 aliphatic carbocycles. The maximum Gasteiger partial charge on any atom is 0.234 e. The molecule has 116 valence electrons. The van der Waals surface area contributed by atoms with E-state index < -0.39 is 0 Å². The summed E-state index contributed by atoms with van der Waals surface area (Å²) in [5, 5.41) is 0. The third kappa shape index (κ3) is 3.15. The molecule has 5 nitrogen and oxygen atoms in total. The van der Waals surface area contributed by atoms with E-state index in [0.29, 0.717) is 12.1 Å². The predicted octanol–water partition coefficient (Wildman–Crippen LogP) is 0.697. The molecule has 0 bridgehead atoms. The molecular formula is C15H30N4O. The summed E-state index contributed by atoms with van der Waals surface area (Å²) in [5.41, 5.74) is 5.61. The van der Waals surface area contributed by atoms with Crippen LogP contribution in [0, 0.1) is 0 Å². The number of hydrogen-bond donors (Lipinski definition) is 1. The van der Waals surface area contributed by atoms with Crippen molar-refractivity contribution in [2.75, 3.05) is 26.7 Å². The van der Waals surface area contributed by atoms with Gasteiger partial charge in [0.1, 0.15) is 0 Å². The highest BCUT2D eigenvalue weighted by Gasteiger charge is 2.38. The number of hydrogen-bond acceptors (Lipinski definition) is 4. The van der Waals surface area contributed by atoms with Crippen LogP contribution >= 0.6 is 0 Å². The van der Waals surface area contributed by atoms with Gasteiger partial charge in [-0.3, -0.25) is 14.6 Å². The lowest BCUT2D eigenvalue weighted by Gasteiger charge is -2.51. The minimum Gasteiger partial charge on any atom is -0.368 e. The summed E-state index contributed by atoms with van der Waals surface area (Å²) in [7, 11) is 2.18. The van der Waals surface area contributed by atoms with Crippen LogP contribution in [-0.2, 0) is 4.79 Å². The van der Waals surface area contributed by atoms with Crippen LogP contribution < -0.4 is 5.73 Å². The maximum atomic E-state index is 11.7. The highest BCUT2D eigenvalue weighted by atomic mass is 16.1. The Morgan fingerprint density at radius 3 is 2.35 bits per heavy atom. The number of nitrogens with two attached hydrogens (primary N) is 1. The number of rotatable bonds is 3. The largest absolute Gasteiger partial charge is 0.368 e. The molecular weight excluding hydrogens is 252 g/mol. The Hall–Kier alpha value is -0.650. The van der Waals surface area contributed by atoms with Crippen molar-refractivity contribution in [3.05, 3.63) is 0 Å². The first-order valence-electron chi connectivity index (χ1n) is 7.93. The van der Waals surface area contributed by atoms with Gasteiger partial charge in [0.15, 0.2) is 0 Å². The van der Waals surface area contributed by atoms with E-state index in [1.54, 1.807) is 0 Å². The van der Waals surface area contributed by atoms with Crippen LogP contribution in [0.3, 0.4) is 0 Å². The summed E-state index contributed by atoms with van der Waals surface area (Å²) < 4.78 is 0. The zero-order chi connectivity index (χ0) is 14.9. The van der Waals surface area contributed by atoms with E-state index in [9.17, 15) is 4.79 Å². The van der Waals surface area contributed by atoms with E-state index in [4.69, 9.17) is 5.73 Å². The van der Waals surface area contributed by atoms with Gasteiger partial charge >= 0.3 is 0 Å². The third-order valence-corrected chi connectivity index (χ3v) is 4.95. The van der Waals surface area contributed by atoms with Crippen molar-refractivity contribution in [1.29, 1.82) is 0 Å². The molecule has 0 aromatic rings. The normalized spacial score (nSPS) is 35.9. The summed E-state index contributed by atoms with van der Waals surface area (Å²) in [4.78, 5) is 19.0. The number of carbonyl (C=O) groups excluding carboxylic acids is 1. The zero-order valence-corrected chi connectivity index (χ0v) is 13.4. The van der Waals surface area contributed by atoms with E-state index in [1.807, 2.05) is 0 Å². The number of nitrogens with zero attached hydrogens (tertiary/aromatic N) is 3. The van der Waals surface area contributed by atoms with Gasteiger partial charge in [0.2, 0.25) is 5.91 Å². The summed E-state index contributed by atoms with van der Waals surface area (Å²) in [5.74, 6) is -0.161. The van der Waals surface area contributed by atoms with Gasteiger partial charge in [-0.05, 0) is 40.7 Å². The SMILES string of the molecule is CC1CN(C)CC(C)N1C(C)N1CCCCC1C(N)=O. The molecule has 0 saturated carbocycles. The van der Waals surface area contributed by atoms with Gasteiger partial charge in [-0.15, -0.1) is 0 Å². The van der Waals surface area contributed by atoms with Crippen molar-refractivity contribution < 1.29 is 4.79 Å². The van der Waals surface area contributed by atoms with E-state index in [1.165, 1.54) is 6.42 Å². The lowest BCUT2D eigenvalue weighted by molar-refractivity contribution is -0.130. The molecule has 0 aromatic heterocycles. The highest BCUT2D eigenvalue weighted by molar-refractivity contribution is 5.79. The molecule has 0 radical (unpaired) electrons. The molecule has 2 N–H and O–H groups in total. The number of amides is 1. The molecule has 2 saturated heterocycles. The van der Waals surface area contributed by atoms with Crippen molar-refractivity contribution >= 4 is 5.91 Å². The van der Waals surface area contributed by atoms with Gasteiger partial charge in [-0.25, -0.2) is 0 Å². The average Bonchev–Trinajstić information content (AvgIpc) is 2.37. The molecule has 2 aliphatic heterocycles. The lowest BCUT2D eigenvalue weighted by atomic mass is 9.99. The van der Waals surface area contributed by atoms with Gasteiger partial charge in [0, 0.05) is 31.7 Å². The molecule has 5 heteroatoms. The van der Waals surface area contributed by atoms with Crippen molar-refractivity contribution in [2.24, 2.45) is 5.73 Å². The first-order valence-corrected chi connectivity index (χ1v) is 7.93. The fourth-order valence-corrected chi connectivity index (χ4v) is 4.21. The Morgan fingerprint density at radius 1 is 1.20 bits per heavy atom. The van der Waals surface area contributed by atoms with E-state index in [2.05, 4.69) is 42.5 Å². The number of likely N-dealkylation sites (tertiary alicyclic amines) is 1. The fraction of sp³-hybridized carbons (Fsp3) is 0.933. The third-order valence-electron chi connectivity index (χ3n) is 4.95. The lowest BCUT2D eigenvalue weighted by Crippen LogP contribution is -2.65. The van der Waals surface area contributed by atoms with Crippen LogP contribution in [0.1, 0.15) is 40.0 Å². The Labute approximate surface area is 123 Å². The molecule has 0 aromatic carbocycles. The van der Waals surface area contributed by atoms with E-state index in [0.717, 1.165) is 32.5 Å². The van der Waals surface area contributed by atoms with Gasteiger partial charge in [0.05, 0.1) is 12.2 Å². The molecule has 2 aliphatic rings. The second kappa shape index (κ2) is 6.41. The number of carbonyl (C=O) groups is 1. The number of primary amides is 1. The van der Waals surface area contributed by atoms with Crippen molar-refractivity contribution in [1.82, 2.24) is 14.7 Å². The second-order valence-corrected chi connectivity index (χ2v) is 6.65. The van der Waals surface area contributed by atoms with Crippen molar-refractivity contribution in [2.45, 2.75) is 64.3 Å². The Morgan fingerprint density at radius 2 is 1.80 bits per heavy atom. The second-order valence-electron chi connectivity index (χ2n) is 6.65. The first kappa shape index (κ1) is 15.7. The van der Waals surface area contributed by atoms with Crippen LogP contribution in [0.5, 0.6) is 0 Å². The summed E-state index contributed by atoms with van der Waals surface area (Å²) in [6, 6.07) is 0.932. The first-order chi connectivity index (χ1) is 9.41. The Kier molecular flexibility index (Phi) is 5.04. The van der Waals surface area contributed by atoms with Crippen LogP contribution in [0.15, 0.2) is 0 Å². The minimum absolute atomic E-state index is 0.0854. The van der Waals surface area contributed by atoms with Gasteiger partial charge in [-0.1, -0.05) is 6.42 Å². The molecule has 4 unspecified atom stereocenters. The number of piperidine rings is 1. The molecule has 2 fully saturated rings. The molecule has 2 rings (SSSR count). The minimum atomic E-state index is -0.161. The van der Waals surface area contributed by atoms with Crippen LogP contribution in [-0.4, -0.2) is 71.6 Å².